The van der Waals surface area contributed by atoms with E-state index in [0.717, 1.165) is 0 Å². The summed E-state index contributed by atoms with van der Waals surface area (Å²) in [7, 11) is 0. The predicted octanol–water partition coefficient (Wildman–Crippen LogP) is 4.29. The van der Waals surface area contributed by atoms with E-state index in [9.17, 15) is 4.39 Å². The van der Waals surface area contributed by atoms with Crippen molar-refractivity contribution in [2.75, 3.05) is 5.73 Å². The van der Waals surface area contributed by atoms with Crippen molar-refractivity contribution in [3.8, 4) is 5.75 Å². The number of hydrogen-bond acceptors (Lipinski definition) is 2. The van der Waals surface area contributed by atoms with Gasteiger partial charge in [0.05, 0.1) is 5.02 Å². The third-order valence-corrected chi connectivity index (χ3v) is 3.21. The monoisotopic (exact) mass is 285 g/mol. The van der Waals surface area contributed by atoms with Crippen LogP contribution in [0.5, 0.6) is 5.75 Å². The maximum absolute atomic E-state index is 13.1. The zero-order valence-corrected chi connectivity index (χ0v) is 10.8. The Morgan fingerprint density at radius 3 is 2.72 bits per heavy atom. The summed E-state index contributed by atoms with van der Waals surface area (Å²) in [5.74, 6) is 0.0767. The Balaban J connectivity index is 2.16. The van der Waals surface area contributed by atoms with Crippen LogP contribution < -0.4 is 10.5 Å². The van der Waals surface area contributed by atoms with Crippen molar-refractivity contribution in [2.45, 2.75) is 6.61 Å². The summed E-state index contributed by atoms with van der Waals surface area (Å²) >= 11 is 11.8. The number of nitrogens with two attached hydrogens (primary N) is 1. The standard InChI is InChI=1S/C13H10Cl2FNO/c14-10-2-1-3-12(13(10)15)18-7-8-6-9(16)4-5-11(8)17/h1-6H,7,17H2. The molecule has 0 spiro atoms. The Morgan fingerprint density at radius 2 is 1.94 bits per heavy atom. The highest BCUT2D eigenvalue weighted by molar-refractivity contribution is 6.42. The summed E-state index contributed by atoms with van der Waals surface area (Å²) in [4.78, 5) is 0. The van der Waals surface area contributed by atoms with Gasteiger partial charge in [-0.3, -0.25) is 0 Å². The van der Waals surface area contributed by atoms with Crippen LogP contribution in [0.4, 0.5) is 10.1 Å². The minimum Gasteiger partial charge on any atom is -0.487 e. The minimum absolute atomic E-state index is 0.129. The van der Waals surface area contributed by atoms with Gasteiger partial charge in [0.1, 0.15) is 23.2 Å². The number of benzene rings is 2. The lowest BCUT2D eigenvalue weighted by atomic mass is 10.2. The van der Waals surface area contributed by atoms with E-state index in [1.165, 1.54) is 18.2 Å². The molecule has 94 valence electrons. The zero-order chi connectivity index (χ0) is 13.1. The molecule has 0 aromatic heterocycles. The molecule has 2 aromatic rings. The third kappa shape index (κ3) is 2.86. The molecule has 5 heteroatoms. The molecule has 2 nitrogen and oxygen atoms in total. The molecule has 0 radical (unpaired) electrons. The summed E-state index contributed by atoms with van der Waals surface area (Å²) in [6, 6.07) is 9.18. The highest BCUT2D eigenvalue weighted by Crippen LogP contribution is 2.32. The van der Waals surface area contributed by atoms with Crippen LogP contribution in [0.1, 0.15) is 5.56 Å². The molecular formula is C13H10Cl2FNO. The van der Waals surface area contributed by atoms with Crippen LogP contribution in [0, 0.1) is 5.82 Å². The first-order chi connectivity index (χ1) is 8.58. The molecule has 0 bridgehead atoms. The average molecular weight is 286 g/mol. The first-order valence-corrected chi connectivity index (χ1v) is 5.94. The highest BCUT2D eigenvalue weighted by atomic mass is 35.5. The molecule has 2 rings (SSSR count). The number of nitrogen functional groups attached to an aromatic ring is 1. The van der Waals surface area contributed by atoms with Gasteiger partial charge >= 0.3 is 0 Å². The summed E-state index contributed by atoms with van der Waals surface area (Å²) in [6.45, 7) is 0.129. The fourth-order valence-corrected chi connectivity index (χ4v) is 1.80. The number of halogens is 3. The van der Waals surface area contributed by atoms with Gasteiger partial charge in [-0.15, -0.1) is 0 Å². The van der Waals surface area contributed by atoms with Crippen LogP contribution in [0.15, 0.2) is 36.4 Å². The first-order valence-electron chi connectivity index (χ1n) is 5.18. The molecule has 0 unspecified atom stereocenters. The van der Waals surface area contributed by atoms with Gasteiger partial charge in [-0.05, 0) is 30.3 Å². The normalized spacial score (nSPS) is 10.4. The van der Waals surface area contributed by atoms with Crippen LogP contribution in [0.25, 0.3) is 0 Å². The van der Waals surface area contributed by atoms with Gasteiger partial charge in [-0.1, -0.05) is 29.3 Å². The van der Waals surface area contributed by atoms with Gasteiger partial charge in [0.2, 0.25) is 0 Å². The second-order valence-electron chi connectivity index (χ2n) is 3.68. The van der Waals surface area contributed by atoms with E-state index in [-0.39, 0.29) is 12.4 Å². The Kier molecular flexibility index (Phi) is 3.94. The van der Waals surface area contributed by atoms with Gasteiger partial charge in [-0.2, -0.15) is 0 Å². The maximum Gasteiger partial charge on any atom is 0.139 e. The van der Waals surface area contributed by atoms with E-state index in [1.54, 1.807) is 18.2 Å². The van der Waals surface area contributed by atoms with E-state index in [0.29, 0.717) is 27.0 Å². The third-order valence-electron chi connectivity index (χ3n) is 2.40. The van der Waals surface area contributed by atoms with Crippen molar-refractivity contribution in [2.24, 2.45) is 0 Å². The van der Waals surface area contributed by atoms with Gasteiger partial charge in [0, 0.05) is 11.3 Å². The van der Waals surface area contributed by atoms with Crippen molar-refractivity contribution in [1.29, 1.82) is 0 Å². The molecular weight excluding hydrogens is 276 g/mol. The second-order valence-corrected chi connectivity index (χ2v) is 4.47. The molecule has 18 heavy (non-hydrogen) atoms. The molecule has 0 saturated carbocycles. The van der Waals surface area contributed by atoms with Crippen LogP contribution in [0.3, 0.4) is 0 Å². The summed E-state index contributed by atoms with van der Waals surface area (Å²) in [5.41, 5.74) is 6.74. The first kappa shape index (κ1) is 13.0. The smallest absolute Gasteiger partial charge is 0.139 e. The fraction of sp³-hybridized carbons (Fsp3) is 0.0769. The lowest BCUT2D eigenvalue weighted by molar-refractivity contribution is 0.306. The Morgan fingerprint density at radius 1 is 1.17 bits per heavy atom. The number of rotatable bonds is 3. The molecule has 2 aromatic carbocycles. The maximum atomic E-state index is 13.1. The predicted molar refractivity (Wildman–Crippen MR) is 71.6 cm³/mol. The van der Waals surface area contributed by atoms with Crippen molar-refractivity contribution in [3.05, 3.63) is 57.8 Å². The van der Waals surface area contributed by atoms with E-state index in [4.69, 9.17) is 33.7 Å². The molecule has 0 atom stereocenters. The quantitative estimate of drug-likeness (QED) is 0.854. The summed E-state index contributed by atoms with van der Waals surface area (Å²) < 4.78 is 18.5. The largest absolute Gasteiger partial charge is 0.487 e. The summed E-state index contributed by atoms with van der Waals surface area (Å²) in [6.07, 6.45) is 0. The molecule has 0 aliphatic heterocycles. The Labute approximate surface area is 114 Å². The van der Waals surface area contributed by atoms with Gasteiger partial charge in [0.25, 0.3) is 0 Å². The van der Waals surface area contributed by atoms with Crippen molar-refractivity contribution >= 4 is 28.9 Å². The molecule has 0 fully saturated rings. The molecule has 0 aliphatic rings. The van der Waals surface area contributed by atoms with Crippen LogP contribution in [-0.2, 0) is 6.61 Å². The number of hydrogen-bond donors (Lipinski definition) is 1. The van der Waals surface area contributed by atoms with Gasteiger partial charge in [-0.25, -0.2) is 4.39 Å². The van der Waals surface area contributed by atoms with E-state index in [2.05, 4.69) is 0 Å². The highest BCUT2D eigenvalue weighted by Gasteiger charge is 2.07. The molecule has 0 saturated heterocycles. The van der Waals surface area contributed by atoms with Crippen LogP contribution in [0.2, 0.25) is 10.0 Å². The molecule has 0 amide bonds. The fourth-order valence-electron chi connectivity index (χ4n) is 1.45. The van der Waals surface area contributed by atoms with E-state index >= 15 is 0 Å². The van der Waals surface area contributed by atoms with E-state index < -0.39 is 0 Å². The second kappa shape index (κ2) is 5.46. The lowest BCUT2D eigenvalue weighted by Crippen LogP contribution is -2.01. The molecule has 0 aliphatic carbocycles. The average Bonchev–Trinajstić information content (AvgIpc) is 2.35. The minimum atomic E-state index is -0.361. The van der Waals surface area contributed by atoms with Gasteiger partial charge in [0.15, 0.2) is 0 Å². The Hall–Kier alpha value is -1.45. The number of ether oxygens (including phenoxy) is 1. The Bertz CT molecular complexity index is 573. The summed E-state index contributed by atoms with van der Waals surface area (Å²) in [5, 5.41) is 0.732. The van der Waals surface area contributed by atoms with Crippen LogP contribution in [-0.4, -0.2) is 0 Å². The molecule has 2 N–H and O–H groups in total. The van der Waals surface area contributed by atoms with Crippen molar-refractivity contribution in [1.82, 2.24) is 0 Å². The molecule has 0 heterocycles. The lowest BCUT2D eigenvalue weighted by Gasteiger charge is -2.10. The van der Waals surface area contributed by atoms with Crippen LogP contribution >= 0.6 is 23.2 Å². The van der Waals surface area contributed by atoms with Gasteiger partial charge < -0.3 is 10.5 Å². The SMILES string of the molecule is Nc1ccc(F)cc1COc1cccc(Cl)c1Cl. The van der Waals surface area contributed by atoms with Crippen molar-refractivity contribution < 1.29 is 9.13 Å². The zero-order valence-electron chi connectivity index (χ0n) is 9.29. The number of anilines is 1. The van der Waals surface area contributed by atoms with Crippen molar-refractivity contribution in [3.63, 3.8) is 0 Å². The topological polar surface area (TPSA) is 35.2 Å². The van der Waals surface area contributed by atoms with E-state index in [1.807, 2.05) is 0 Å².